The highest BCUT2D eigenvalue weighted by atomic mass is 35.5. The summed E-state index contributed by atoms with van der Waals surface area (Å²) in [6, 6.07) is 5.82. The summed E-state index contributed by atoms with van der Waals surface area (Å²) in [5.74, 6) is 1.20. The van der Waals surface area contributed by atoms with E-state index in [-0.39, 0.29) is 23.7 Å². The summed E-state index contributed by atoms with van der Waals surface area (Å²) in [6.07, 6.45) is 7.85. The van der Waals surface area contributed by atoms with Crippen LogP contribution in [0.2, 0.25) is 5.02 Å². The highest BCUT2D eigenvalue weighted by Crippen LogP contribution is 2.39. The van der Waals surface area contributed by atoms with Gasteiger partial charge in [0.05, 0.1) is 22.8 Å². The first-order valence-electron chi connectivity index (χ1n) is 12.5. The Morgan fingerprint density at radius 3 is 2.77 bits per heavy atom. The van der Waals surface area contributed by atoms with E-state index in [0.717, 1.165) is 78.4 Å². The standard InChI is InChI=1S/C27H35ClN4O2S/c1-17(33)7-5-4-6-8-22(31-27(34)19-11-13-32(3)14-12-19)26-29-16-23(30-26)25-18(2)21-15-20(28)9-10-24(21)35-25/h9-10,15-16,19,22H,4-8,11-14H2,1-3H3,(H,29,30)(H,31,34)/t22-/m0/s1. The molecular formula is C27H35ClN4O2S. The molecular weight excluding hydrogens is 480 g/mol. The van der Waals surface area contributed by atoms with Gasteiger partial charge in [0.1, 0.15) is 11.6 Å². The van der Waals surface area contributed by atoms with Crippen LogP contribution >= 0.6 is 22.9 Å². The molecule has 6 nitrogen and oxygen atoms in total. The summed E-state index contributed by atoms with van der Waals surface area (Å²) in [5, 5.41) is 5.19. The molecule has 3 heterocycles. The van der Waals surface area contributed by atoms with E-state index in [0.29, 0.717) is 6.42 Å². The van der Waals surface area contributed by atoms with E-state index in [1.807, 2.05) is 18.3 Å². The Kier molecular flexibility index (Phi) is 8.63. The fourth-order valence-electron chi connectivity index (χ4n) is 4.82. The fourth-order valence-corrected chi connectivity index (χ4v) is 6.14. The number of carbonyl (C=O) groups excluding carboxylic acids is 2. The fraction of sp³-hybridized carbons (Fsp3) is 0.519. The maximum Gasteiger partial charge on any atom is 0.223 e. The number of aryl methyl sites for hydroxylation is 1. The van der Waals surface area contributed by atoms with Crippen LogP contribution in [-0.2, 0) is 9.59 Å². The number of rotatable bonds is 10. The van der Waals surface area contributed by atoms with Crippen molar-refractivity contribution in [3.05, 3.63) is 40.8 Å². The first-order valence-corrected chi connectivity index (χ1v) is 13.7. The van der Waals surface area contributed by atoms with Crippen molar-refractivity contribution < 1.29 is 9.59 Å². The highest BCUT2D eigenvalue weighted by Gasteiger charge is 2.27. The van der Waals surface area contributed by atoms with Gasteiger partial charge in [-0.05, 0) is 88.8 Å². The summed E-state index contributed by atoms with van der Waals surface area (Å²) in [6.45, 7) is 5.65. The Balaban J connectivity index is 1.51. The van der Waals surface area contributed by atoms with Gasteiger partial charge in [-0.2, -0.15) is 0 Å². The number of Topliss-reactive ketones (excluding diaryl/α,β-unsaturated/α-hetero) is 1. The molecule has 1 fully saturated rings. The van der Waals surface area contributed by atoms with Crippen LogP contribution in [0.5, 0.6) is 0 Å². The number of carbonyl (C=O) groups is 2. The third kappa shape index (κ3) is 6.51. The molecule has 2 aromatic heterocycles. The largest absolute Gasteiger partial charge is 0.346 e. The lowest BCUT2D eigenvalue weighted by Crippen LogP contribution is -2.40. The van der Waals surface area contributed by atoms with Gasteiger partial charge in [0.25, 0.3) is 0 Å². The van der Waals surface area contributed by atoms with E-state index in [1.165, 1.54) is 10.3 Å². The van der Waals surface area contributed by atoms with Crippen molar-refractivity contribution in [3.63, 3.8) is 0 Å². The van der Waals surface area contributed by atoms with E-state index < -0.39 is 0 Å². The molecule has 3 aromatic rings. The number of ketones is 1. The van der Waals surface area contributed by atoms with Crippen molar-refractivity contribution in [1.29, 1.82) is 0 Å². The van der Waals surface area contributed by atoms with E-state index in [9.17, 15) is 9.59 Å². The highest BCUT2D eigenvalue weighted by molar-refractivity contribution is 7.22. The normalized spacial score (nSPS) is 16.0. The molecule has 8 heteroatoms. The van der Waals surface area contributed by atoms with E-state index in [2.05, 4.69) is 35.2 Å². The second-order valence-corrected chi connectivity index (χ2v) is 11.3. The van der Waals surface area contributed by atoms with Crippen molar-refractivity contribution in [2.45, 2.75) is 64.8 Å². The third-order valence-electron chi connectivity index (χ3n) is 7.00. The van der Waals surface area contributed by atoms with Crippen LogP contribution in [0.3, 0.4) is 0 Å². The number of unbranched alkanes of at least 4 members (excludes halogenated alkanes) is 2. The van der Waals surface area contributed by atoms with Crippen LogP contribution in [0.1, 0.15) is 69.3 Å². The van der Waals surface area contributed by atoms with Crippen LogP contribution in [0, 0.1) is 12.8 Å². The van der Waals surface area contributed by atoms with Gasteiger partial charge >= 0.3 is 0 Å². The lowest BCUT2D eigenvalue weighted by atomic mass is 9.95. The summed E-state index contributed by atoms with van der Waals surface area (Å²) >= 11 is 7.94. The first kappa shape index (κ1) is 25.9. The number of amides is 1. The maximum atomic E-state index is 13.1. The number of imidazole rings is 1. The second kappa shape index (κ2) is 11.7. The zero-order valence-electron chi connectivity index (χ0n) is 20.8. The minimum atomic E-state index is -0.169. The Morgan fingerprint density at radius 1 is 1.26 bits per heavy atom. The minimum absolute atomic E-state index is 0.0513. The smallest absolute Gasteiger partial charge is 0.223 e. The number of likely N-dealkylation sites (tertiary alicyclic amines) is 1. The van der Waals surface area contributed by atoms with Crippen LogP contribution in [-0.4, -0.2) is 46.7 Å². The first-order chi connectivity index (χ1) is 16.8. The molecule has 35 heavy (non-hydrogen) atoms. The molecule has 1 saturated heterocycles. The molecule has 1 aliphatic heterocycles. The van der Waals surface area contributed by atoms with Crippen LogP contribution in [0.25, 0.3) is 20.7 Å². The van der Waals surface area contributed by atoms with Crippen molar-refractivity contribution in [1.82, 2.24) is 20.2 Å². The molecule has 0 bridgehead atoms. The van der Waals surface area contributed by atoms with Gasteiger partial charge in [0, 0.05) is 22.1 Å². The van der Waals surface area contributed by atoms with Crippen molar-refractivity contribution in [2.24, 2.45) is 5.92 Å². The Hall–Kier alpha value is -2.22. The molecule has 0 unspecified atom stereocenters. The number of thiophene rings is 1. The quantitative estimate of drug-likeness (QED) is 0.311. The number of aromatic amines is 1. The van der Waals surface area contributed by atoms with Crippen molar-refractivity contribution in [2.75, 3.05) is 20.1 Å². The third-order valence-corrected chi connectivity index (χ3v) is 8.54. The van der Waals surface area contributed by atoms with Crippen molar-refractivity contribution >= 4 is 44.7 Å². The van der Waals surface area contributed by atoms with E-state index >= 15 is 0 Å². The molecule has 1 aliphatic rings. The molecule has 1 aromatic carbocycles. The summed E-state index contributed by atoms with van der Waals surface area (Å²) in [7, 11) is 2.10. The molecule has 0 aliphatic carbocycles. The summed E-state index contributed by atoms with van der Waals surface area (Å²) in [4.78, 5) is 36.0. The molecule has 188 valence electrons. The van der Waals surface area contributed by atoms with Gasteiger partial charge in [-0.15, -0.1) is 11.3 Å². The number of H-pyrrole nitrogens is 1. The minimum Gasteiger partial charge on any atom is -0.346 e. The zero-order valence-corrected chi connectivity index (χ0v) is 22.4. The van der Waals surface area contributed by atoms with Gasteiger partial charge in [-0.1, -0.05) is 24.4 Å². The summed E-state index contributed by atoms with van der Waals surface area (Å²) < 4.78 is 1.19. The molecule has 0 saturated carbocycles. The predicted molar refractivity (Wildman–Crippen MR) is 144 cm³/mol. The number of halogens is 1. The van der Waals surface area contributed by atoms with Gasteiger partial charge in [0.15, 0.2) is 0 Å². The zero-order chi connectivity index (χ0) is 24.9. The Morgan fingerprint density at radius 2 is 2.03 bits per heavy atom. The van der Waals surface area contributed by atoms with E-state index in [4.69, 9.17) is 16.6 Å². The number of hydrogen-bond acceptors (Lipinski definition) is 5. The van der Waals surface area contributed by atoms with Gasteiger partial charge in [-0.25, -0.2) is 4.98 Å². The van der Waals surface area contributed by atoms with Gasteiger partial charge in [0.2, 0.25) is 5.91 Å². The number of nitrogens with zero attached hydrogens (tertiary/aromatic N) is 2. The van der Waals surface area contributed by atoms with Crippen LogP contribution in [0.4, 0.5) is 0 Å². The predicted octanol–water partition coefficient (Wildman–Crippen LogP) is 6.29. The van der Waals surface area contributed by atoms with Crippen LogP contribution in [0.15, 0.2) is 24.4 Å². The number of nitrogens with one attached hydrogen (secondary N) is 2. The lowest BCUT2D eigenvalue weighted by Gasteiger charge is -2.29. The SMILES string of the molecule is CC(=O)CCCCC[C@H](NC(=O)C1CCN(C)CC1)c1ncc(-c2sc3ccc(Cl)cc3c2C)[nH]1. The number of piperidine rings is 1. The molecule has 0 spiro atoms. The number of aromatic nitrogens is 2. The lowest BCUT2D eigenvalue weighted by molar-refractivity contribution is -0.127. The van der Waals surface area contributed by atoms with Gasteiger partial charge < -0.3 is 20.0 Å². The Labute approximate surface area is 216 Å². The molecule has 4 rings (SSSR count). The average molecular weight is 515 g/mol. The summed E-state index contributed by atoms with van der Waals surface area (Å²) in [5.41, 5.74) is 2.14. The molecule has 2 N–H and O–H groups in total. The average Bonchev–Trinajstić information content (AvgIpc) is 3.43. The van der Waals surface area contributed by atoms with Gasteiger partial charge in [-0.3, -0.25) is 4.79 Å². The monoisotopic (exact) mass is 514 g/mol. The number of benzene rings is 1. The number of fused-ring (bicyclic) bond motifs is 1. The van der Waals surface area contributed by atoms with Crippen LogP contribution < -0.4 is 5.32 Å². The number of hydrogen-bond donors (Lipinski definition) is 2. The Bertz CT molecular complexity index is 1180. The molecule has 1 atom stereocenters. The second-order valence-electron chi connectivity index (χ2n) is 9.82. The molecule has 0 radical (unpaired) electrons. The topological polar surface area (TPSA) is 78.1 Å². The van der Waals surface area contributed by atoms with E-state index in [1.54, 1.807) is 18.3 Å². The van der Waals surface area contributed by atoms with Crippen molar-refractivity contribution in [3.8, 4) is 10.6 Å². The maximum absolute atomic E-state index is 13.1. The molecule has 1 amide bonds.